The van der Waals surface area contributed by atoms with Crippen LogP contribution < -0.4 is 0 Å². The molecule has 0 radical (unpaired) electrons. The number of hydrogen-bond donors (Lipinski definition) is 0. The number of carbonyl (C=O) groups is 1. The van der Waals surface area contributed by atoms with Crippen LogP contribution in [0, 0.1) is 17.8 Å². The summed E-state index contributed by atoms with van der Waals surface area (Å²) in [5.41, 5.74) is 0. The molecule has 0 aliphatic heterocycles. The fourth-order valence-electron chi connectivity index (χ4n) is 2.41. The van der Waals surface area contributed by atoms with E-state index in [0.29, 0.717) is 18.4 Å². The van der Waals surface area contributed by atoms with Crippen LogP contribution >= 0.6 is 15.9 Å². The van der Waals surface area contributed by atoms with Gasteiger partial charge in [-0.1, -0.05) is 29.8 Å². The second-order valence-corrected chi connectivity index (χ2v) is 5.36. The molecule has 3 heteroatoms. The fraction of sp³-hybridized carbons (Fsp3) is 0.909. The van der Waals surface area contributed by atoms with Crippen LogP contribution in [-0.4, -0.2) is 17.4 Å². The Hall–Kier alpha value is -0.0500. The van der Waals surface area contributed by atoms with Crippen LogP contribution in [-0.2, 0) is 9.53 Å². The van der Waals surface area contributed by atoms with E-state index in [1.807, 2.05) is 6.92 Å². The van der Waals surface area contributed by atoms with Crippen LogP contribution in [0.3, 0.4) is 0 Å². The van der Waals surface area contributed by atoms with Gasteiger partial charge in [-0.15, -0.1) is 0 Å². The van der Waals surface area contributed by atoms with Crippen molar-refractivity contribution in [2.45, 2.75) is 38.4 Å². The standard InChI is InChI=1S/C11H19BrO2/c1-4-14-11(13)10(12)9-6-7(2)5-8(9)3/h7-10H,4-6H2,1-3H3. The Balaban J connectivity index is 2.51. The molecule has 4 unspecified atom stereocenters. The van der Waals surface area contributed by atoms with Gasteiger partial charge in [0.05, 0.1) is 6.61 Å². The lowest BCUT2D eigenvalue weighted by Gasteiger charge is -2.19. The highest BCUT2D eigenvalue weighted by Crippen LogP contribution is 2.40. The van der Waals surface area contributed by atoms with Crippen LogP contribution in [0.4, 0.5) is 0 Å². The van der Waals surface area contributed by atoms with Gasteiger partial charge in [-0.05, 0) is 37.5 Å². The quantitative estimate of drug-likeness (QED) is 0.578. The Morgan fingerprint density at radius 2 is 2.14 bits per heavy atom. The summed E-state index contributed by atoms with van der Waals surface area (Å²) in [7, 11) is 0. The van der Waals surface area contributed by atoms with Gasteiger partial charge < -0.3 is 4.74 Å². The van der Waals surface area contributed by atoms with Crippen LogP contribution in [0.5, 0.6) is 0 Å². The van der Waals surface area contributed by atoms with Gasteiger partial charge in [0.2, 0.25) is 0 Å². The smallest absolute Gasteiger partial charge is 0.320 e. The Morgan fingerprint density at radius 1 is 1.50 bits per heavy atom. The molecule has 4 atom stereocenters. The van der Waals surface area contributed by atoms with Crippen LogP contribution in [0.15, 0.2) is 0 Å². The third-order valence-corrected chi connectivity index (χ3v) is 4.12. The van der Waals surface area contributed by atoms with Crippen molar-refractivity contribution in [3.63, 3.8) is 0 Å². The molecule has 0 amide bonds. The van der Waals surface area contributed by atoms with E-state index in [1.165, 1.54) is 6.42 Å². The van der Waals surface area contributed by atoms with E-state index < -0.39 is 0 Å². The average molecular weight is 263 g/mol. The summed E-state index contributed by atoms with van der Waals surface area (Å²) in [5, 5.41) is 0. The van der Waals surface area contributed by atoms with Gasteiger partial charge >= 0.3 is 5.97 Å². The number of hydrogen-bond acceptors (Lipinski definition) is 2. The molecule has 82 valence electrons. The molecule has 0 aromatic heterocycles. The topological polar surface area (TPSA) is 26.3 Å². The third-order valence-electron chi connectivity index (χ3n) is 3.07. The first kappa shape index (κ1) is 12.0. The lowest BCUT2D eigenvalue weighted by Crippen LogP contribution is -2.27. The Kier molecular flexibility index (Phi) is 4.42. The van der Waals surface area contributed by atoms with Crippen LogP contribution in [0.2, 0.25) is 0 Å². The van der Waals surface area contributed by atoms with E-state index in [2.05, 4.69) is 29.8 Å². The minimum atomic E-state index is -0.109. The molecular weight excluding hydrogens is 244 g/mol. The number of ether oxygens (including phenoxy) is 1. The molecular formula is C11H19BrO2. The van der Waals surface area contributed by atoms with Crippen molar-refractivity contribution in [2.75, 3.05) is 6.61 Å². The van der Waals surface area contributed by atoms with Crippen LogP contribution in [0.25, 0.3) is 0 Å². The summed E-state index contributed by atoms with van der Waals surface area (Å²) >= 11 is 3.46. The van der Waals surface area contributed by atoms with E-state index >= 15 is 0 Å². The van der Waals surface area contributed by atoms with Crippen molar-refractivity contribution in [1.82, 2.24) is 0 Å². The monoisotopic (exact) mass is 262 g/mol. The minimum Gasteiger partial charge on any atom is -0.465 e. The highest BCUT2D eigenvalue weighted by molar-refractivity contribution is 9.10. The number of halogens is 1. The first-order chi connectivity index (χ1) is 6.56. The molecule has 0 saturated heterocycles. The lowest BCUT2D eigenvalue weighted by molar-refractivity contribution is -0.143. The first-order valence-corrected chi connectivity index (χ1v) is 6.28. The Labute approximate surface area is 94.5 Å². The molecule has 14 heavy (non-hydrogen) atoms. The van der Waals surface area contributed by atoms with Gasteiger partial charge in [0, 0.05) is 0 Å². The highest BCUT2D eigenvalue weighted by atomic mass is 79.9. The number of alkyl halides is 1. The zero-order valence-electron chi connectivity index (χ0n) is 9.13. The molecule has 0 heterocycles. The van der Waals surface area contributed by atoms with Gasteiger partial charge in [-0.3, -0.25) is 4.79 Å². The maximum absolute atomic E-state index is 11.5. The fourth-order valence-corrected chi connectivity index (χ4v) is 3.28. The van der Waals surface area contributed by atoms with E-state index in [1.54, 1.807) is 0 Å². The Bertz CT molecular complexity index is 205. The molecule has 0 N–H and O–H groups in total. The summed E-state index contributed by atoms with van der Waals surface area (Å²) < 4.78 is 5.01. The molecule has 1 saturated carbocycles. The second kappa shape index (κ2) is 5.15. The van der Waals surface area contributed by atoms with Crippen molar-refractivity contribution in [3.8, 4) is 0 Å². The summed E-state index contributed by atoms with van der Waals surface area (Å²) in [5.74, 6) is 1.71. The Morgan fingerprint density at radius 3 is 2.57 bits per heavy atom. The molecule has 0 aromatic rings. The van der Waals surface area contributed by atoms with E-state index in [0.717, 1.165) is 12.3 Å². The maximum Gasteiger partial charge on any atom is 0.320 e. The third kappa shape index (κ3) is 2.72. The molecule has 1 aliphatic carbocycles. The molecule has 2 nitrogen and oxygen atoms in total. The van der Waals surface area contributed by atoms with Gasteiger partial charge in [-0.25, -0.2) is 0 Å². The highest BCUT2D eigenvalue weighted by Gasteiger charge is 2.37. The van der Waals surface area contributed by atoms with E-state index in [9.17, 15) is 4.79 Å². The molecule has 1 rings (SSSR count). The average Bonchev–Trinajstić information content (AvgIpc) is 2.44. The van der Waals surface area contributed by atoms with E-state index in [-0.39, 0.29) is 10.8 Å². The predicted octanol–water partition coefficient (Wildman–Crippen LogP) is 3.00. The summed E-state index contributed by atoms with van der Waals surface area (Å²) in [6.45, 7) is 6.79. The van der Waals surface area contributed by atoms with Crippen molar-refractivity contribution in [2.24, 2.45) is 17.8 Å². The minimum absolute atomic E-state index is 0.0987. The zero-order chi connectivity index (χ0) is 10.7. The molecule has 1 fully saturated rings. The largest absolute Gasteiger partial charge is 0.465 e. The second-order valence-electron chi connectivity index (χ2n) is 4.37. The SMILES string of the molecule is CCOC(=O)C(Br)C1CC(C)CC1C. The first-order valence-electron chi connectivity index (χ1n) is 5.37. The maximum atomic E-state index is 11.5. The summed E-state index contributed by atoms with van der Waals surface area (Å²) in [4.78, 5) is 11.4. The van der Waals surface area contributed by atoms with Crippen molar-refractivity contribution in [1.29, 1.82) is 0 Å². The van der Waals surface area contributed by atoms with E-state index in [4.69, 9.17) is 4.74 Å². The van der Waals surface area contributed by atoms with Gasteiger partial charge in [0.1, 0.15) is 4.83 Å². The van der Waals surface area contributed by atoms with Crippen LogP contribution in [0.1, 0.15) is 33.6 Å². The lowest BCUT2D eigenvalue weighted by atomic mass is 9.95. The predicted molar refractivity (Wildman–Crippen MR) is 60.4 cm³/mol. The normalized spacial score (nSPS) is 34.1. The molecule has 0 aromatic carbocycles. The zero-order valence-corrected chi connectivity index (χ0v) is 10.7. The molecule has 1 aliphatic rings. The van der Waals surface area contributed by atoms with Crippen molar-refractivity contribution >= 4 is 21.9 Å². The van der Waals surface area contributed by atoms with Crippen molar-refractivity contribution < 1.29 is 9.53 Å². The number of esters is 1. The number of rotatable bonds is 3. The van der Waals surface area contributed by atoms with Gasteiger partial charge in [-0.2, -0.15) is 0 Å². The van der Waals surface area contributed by atoms with Gasteiger partial charge in [0.15, 0.2) is 0 Å². The molecule has 0 bridgehead atoms. The molecule has 0 spiro atoms. The summed E-state index contributed by atoms with van der Waals surface area (Å²) in [6.07, 6.45) is 2.36. The van der Waals surface area contributed by atoms with Gasteiger partial charge in [0.25, 0.3) is 0 Å². The van der Waals surface area contributed by atoms with Crippen molar-refractivity contribution in [3.05, 3.63) is 0 Å². The summed E-state index contributed by atoms with van der Waals surface area (Å²) in [6, 6.07) is 0. The number of carbonyl (C=O) groups excluding carboxylic acids is 1.